The summed E-state index contributed by atoms with van der Waals surface area (Å²) in [5.74, 6) is 0.729. The predicted molar refractivity (Wildman–Crippen MR) is 89.2 cm³/mol. The van der Waals surface area contributed by atoms with Crippen LogP contribution in [0.1, 0.15) is 11.1 Å². The van der Waals surface area contributed by atoms with Gasteiger partial charge in [-0.25, -0.2) is 0 Å². The van der Waals surface area contributed by atoms with Crippen molar-refractivity contribution in [2.24, 2.45) is 0 Å². The fraction of sp³-hybridized carbons (Fsp3) is 0.200. The number of ether oxygens (including phenoxy) is 1. The standard InChI is InChI=1S/C15H14BrCl2NO/c1-9-3-4-10(5-13(9)18)8-19-14-7-11(17)6-12(16)15(14)20-2/h3-7,19H,8H2,1-2H3. The number of hydrogen-bond donors (Lipinski definition) is 1. The Hall–Kier alpha value is -0.900. The summed E-state index contributed by atoms with van der Waals surface area (Å²) in [6, 6.07) is 9.63. The molecule has 0 saturated heterocycles. The van der Waals surface area contributed by atoms with Gasteiger partial charge in [-0.15, -0.1) is 0 Å². The molecule has 0 saturated carbocycles. The van der Waals surface area contributed by atoms with Crippen molar-refractivity contribution in [3.05, 3.63) is 56.0 Å². The van der Waals surface area contributed by atoms with E-state index in [1.54, 1.807) is 13.2 Å². The summed E-state index contributed by atoms with van der Waals surface area (Å²) in [7, 11) is 1.63. The van der Waals surface area contributed by atoms with Gasteiger partial charge in [-0.3, -0.25) is 0 Å². The van der Waals surface area contributed by atoms with E-state index < -0.39 is 0 Å². The Bertz CT molecular complexity index is 632. The maximum atomic E-state index is 6.12. The van der Waals surface area contributed by atoms with Gasteiger partial charge in [0, 0.05) is 16.6 Å². The van der Waals surface area contributed by atoms with Gasteiger partial charge in [-0.1, -0.05) is 35.3 Å². The van der Waals surface area contributed by atoms with E-state index in [4.69, 9.17) is 27.9 Å². The third-order valence-electron chi connectivity index (χ3n) is 2.93. The zero-order valence-corrected chi connectivity index (χ0v) is 14.2. The maximum Gasteiger partial charge on any atom is 0.156 e. The largest absolute Gasteiger partial charge is 0.493 e. The lowest BCUT2D eigenvalue weighted by atomic mass is 10.1. The van der Waals surface area contributed by atoms with Crippen LogP contribution in [-0.4, -0.2) is 7.11 Å². The molecular weight excluding hydrogens is 361 g/mol. The summed E-state index contributed by atoms with van der Waals surface area (Å²) in [6.45, 7) is 2.62. The van der Waals surface area contributed by atoms with Crippen LogP contribution >= 0.6 is 39.1 Å². The highest BCUT2D eigenvalue weighted by molar-refractivity contribution is 9.10. The first-order valence-corrected chi connectivity index (χ1v) is 7.58. The molecule has 0 heterocycles. The number of anilines is 1. The van der Waals surface area contributed by atoms with Crippen LogP contribution in [0.4, 0.5) is 5.69 Å². The average molecular weight is 375 g/mol. The molecule has 0 aliphatic rings. The maximum absolute atomic E-state index is 6.12. The number of halogens is 3. The Labute approximate surface area is 137 Å². The molecule has 0 aliphatic carbocycles. The number of benzene rings is 2. The van der Waals surface area contributed by atoms with E-state index in [1.807, 2.05) is 31.2 Å². The van der Waals surface area contributed by atoms with Crippen LogP contribution in [0.5, 0.6) is 5.75 Å². The molecule has 0 spiro atoms. The minimum atomic E-state index is 0.641. The second kappa shape index (κ2) is 6.70. The first-order chi connectivity index (χ1) is 9.51. The first-order valence-electron chi connectivity index (χ1n) is 6.03. The van der Waals surface area contributed by atoms with Crippen LogP contribution in [0, 0.1) is 6.92 Å². The molecule has 0 fully saturated rings. The Kier molecular flexibility index (Phi) is 5.19. The molecule has 0 aromatic heterocycles. The molecular formula is C15H14BrCl2NO. The molecule has 2 nitrogen and oxygen atoms in total. The monoisotopic (exact) mass is 373 g/mol. The van der Waals surface area contributed by atoms with Gasteiger partial charge < -0.3 is 10.1 Å². The summed E-state index contributed by atoms with van der Waals surface area (Å²) >= 11 is 15.6. The van der Waals surface area contributed by atoms with Gasteiger partial charge in [0.1, 0.15) is 0 Å². The predicted octanol–water partition coefficient (Wildman–Crippen LogP) is 5.69. The molecule has 0 amide bonds. The molecule has 1 N–H and O–H groups in total. The zero-order chi connectivity index (χ0) is 14.7. The molecule has 2 aromatic rings. The van der Waals surface area contributed by atoms with E-state index in [0.717, 1.165) is 32.1 Å². The van der Waals surface area contributed by atoms with Crippen molar-refractivity contribution >= 4 is 44.8 Å². The van der Waals surface area contributed by atoms with E-state index in [0.29, 0.717) is 11.6 Å². The van der Waals surface area contributed by atoms with Crippen molar-refractivity contribution < 1.29 is 4.74 Å². The molecule has 5 heteroatoms. The van der Waals surface area contributed by atoms with E-state index in [9.17, 15) is 0 Å². The molecule has 0 atom stereocenters. The van der Waals surface area contributed by atoms with Gasteiger partial charge in [0.15, 0.2) is 5.75 Å². The summed E-state index contributed by atoms with van der Waals surface area (Å²) in [4.78, 5) is 0. The van der Waals surface area contributed by atoms with E-state index in [-0.39, 0.29) is 0 Å². The van der Waals surface area contributed by atoms with Crippen LogP contribution in [0.2, 0.25) is 10.0 Å². The van der Waals surface area contributed by atoms with Gasteiger partial charge in [0.05, 0.1) is 17.3 Å². The molecule has 2 aromatic carbocycles. The molecule has 106 valence electrons. The Balaban J connectivity index is 2.20. The van der Waals surface area contributed by atoms with Gasteiger partial charge in [0.25, 0.3) is 0 Å². The lowest BCUT2D eigenvalue weighted by Gasteiger charge is -2.13. The van der Waals surface area contributed by atoms with Crippen molar-refractivity contribution in [1.29, 1.82) is 0 Å². The van der Waals surface area contributed by atoms with Gasteiger partial charge in [-0.05, 0) is 52.2 Å². The van der Waals surface area contributed by atoms with Crippen LogP contribution in [-0.2, 0) is 6.54 Å². The number of aryl methyl sites for hydroxylation is 1. The lowest BCUT2D eigenvalue weighted by molar-refractivity contribution is 0.414. The van der Waals surface area contributed by atoms with Crippen LogP contribution in [0.15, 0.2) is 34.8 Å². The van der Waals surface area contributed by atoms with Gasteiger partial charge >= 0.3 is 0 Å². The van der Waals surface area contributed by atoms with E-state index in [2.05, 4.69) is 21.2 Å². The topological polar surface area (TPSA) is 21.3 Å². The number of hydrogen-bond acceptors (Lipinski definition) is 2. The quantitative estimate of drug-likeness (QED) is 0.742. The van der Waals surface area contributed by atoms with Crippen molar-refractivity contribution in [3.63, 3.8) is 0 Å². The number of nitrogens with one attached hydrogen (secondary N) is 1. The first kappa shape index (κ1) is 15.5. The summed E-state index contributed by atoms with van der Waals surface area (Å²) < 4.78 is 6.18. The third kappa shape index (κ3) is 3.60. The molecule has 0 aliphatic heterocycles. The summed E-state index contributed by atoms with van der Waals surface area (Å²) in [5.41, 5.74) is 3.00. The minimum Gasteiger partial charge on any atom is -0.493 e. The minimum absolute atomic E-state index is 0.641. The molecule has 2 rings (SSSR count). The highest BCUT2D eigenvalue weighted by Gasteiger charge is 2.09. The van der Waals surface area contributed by atoms with Gasteiger partial charge in [0.2, 0.25) is 0 Å². The molecule has 0 radical (unpaired) electrons. The summed E-state index contributed by atoms with van der Waals surface area (Å²) in [5, 5.41) is 4.72. The third-order valence-corrected chi connectivity index (χ3v) is 4.15. The normalized spacial score (nSPS) is 10.4. The van der Waals surface area contributed by atoms with Crippen molar-refractivity contribution in [2.75, 3.05) is 12.4 Å². The van der Waals surface area contributed by atoms with E-state index in [1.165, 1.54) is 0 Å². The van der Waals surface area contributed by atoms with Crippen LogP contribution < -0.4 is 10.1 Å². The van der Waals surface area contributed by atoms with E-state index >= 15 is 0 Å². The molecule has 20 heavy (non-hydrogen) atoms. The Morgan fingerprint density at radius 3 is 2.60 bits per heavy atom. The SMILES string of the molecule is COc1c(Br)cc(Cl)cc1NCc1ccc(C)c(Cl)c1. The lowest BCUT2D eigenvalue weighted by Crippen LogP contribution is -2.02. The molecule has 0 unspecified atom stereocenters. The highest BCUT2D eigenvalue weighted by atomic mass is 79.9. The van der Waals surface area contributed by atoms with Crippen LogP contribution in [0.3, 0.4) is 0 Å². The fourth-order valence-electron chi connectivity index (χ4n) is 1.84. The number of methoxy groups -OCH3 is 1. The highest BCUT2D eigenvalue weighted by Crippen LogP contribution is 2.36. The Morgan fingerprint density at radius 2 is 1.95 bits per heavy atom. The number of rotatable bonds is 4. The smallest absolute Gasteiger partial charge is 0.156 e. The second-order valence-electron chi connectivity index (χ2n) is 4.41. The van der Waals surface area contributed by atoms with Crippen LogP contribution in [0.25, 0.3) is 0 Å². The second-order valence-corrected chi connectivity index (χ2v) is 6.10. The average Bonchev–Trinajstić information content (AvgIpc) is 2.39. The van der Waals surface area contributed by atoms with Crippen molar-refractivity contribution in [3.8, 4) is 5.75 Å². The summed E-state index contributed by atoms with van der Waals surface area (Å²) in [6.07, 6.45) is 0. The molecule has 0 bridgehead atoms. The van der Waals surface area contributed by atoms with Crippen molar-refractivity contribution in [1.82, 2.24) is 0 Å². The fourth-order valence-corrected chi connectivity index (χ4v) is 3.02. The Morgan fingerprint density at radius 1 is 1.20 bits per heavy atom. The zero-order valence-electron chi connectivity index (χ0n) is 11.1. The van der Waals surface area contributed by atoms with Gasteiger partial charge in [-0.2, -0.15) is 0 Å². The van der Waals surface area contributed by atoms with Crippen molar-refractivity contribution in [2.45, 2.75) is 13.5 Å².